The fourth-order valence-electron chi connectivity index (χ4n) is 2.26. The average Bonchev–Trinajstić information content (AvgIpc) is 2.48. The smallest absolute Gasteiger partial charge is 0.165 e. The van der Waals surface area contributed by atoms with Crippen molar-refractivity contribution in [2.45, 2.75) is 25.3 Å². The Morgan fingerprint density at radius 3 is 2.55 bits per heavy atom. The predicted molar refractivity (Wildman–Crippen MR) is 79.3 cm³/mol. The van der Waals surface area contributed by atoms with Gasteiger partial charge in [-0.25, -0.2) is 4.39 Å². The molecule has 2 aromatic carbocycles. The molecule has 2 rings (SSSR count). The topological polar surface area (TPSA) is 35.2 Å². The maximum absolute atomic E-state index is 13.6. The van der Waals surface area contributed by atoms with E-state index in [1.807, 2.05) is 36.4 Å². The lowest BCUT2D eigenvalue weighted by atomic mass is 10.00. The van der Waals surface area contributed by atoms with Crippen LogP contribution in [0, 0.1) is 5.82 Å². The van der Waals surface area contributed by atoms with E-state index >= 15 is 0 Å². The van der Waals surface area contributed by atoms with Crippen molar-refractivity contribution in [3.8, 4) is 5.75 Å². The van der Waals surface area contributed by atoms with Crippen molar-refractivity contribution in [3.05, 3.63) is 65.5 Å². The van der Waals surface area contributed by atoms with Crippen molar-refractivity contribution < 1.29 is 9.13 Å². The number of nitrogens with two attached hydrogens (primary N) is 1. The number of methoxy groups -OCH3 is 1. The second-order valence-electron chi connectivity index (χ2n) is 4.88. The molecule has 0 amide bonds. The third kappa shape index (κ3) is 3.81. The van der Waals surface area contributed by atoms with Crippen molar-refractivity contribution in [1.29, 1.82) is 0 Å². The second-order valence-corrected chi connectivity index (χ2v) is 4.88. The zero-order chi connectivity index (χ0) is 14.4. The molecule has 2 aromatic rings. The van der Waals surface area contributed by atoms with Crippen LogP contribution in [0.25, 0.3) is 0 Å². The van der Waals surface area contributed by atoms with Crippen molar-refractivity contribution in [2.24, 2.45) is 5.73 Å². The van der Waals surface area contributed by atoms with Crippen molar-refractivity contribution in [2.75, 3.05) is 7.11 Å². The Labute approximate surface area is 119 Å². The average molecular weight is 273 g/mol. The highest BCUT2D eigenvalue weighted by molar-refractivity contribution is 5.29. The lowest BCUT2D eigenvalue weighted by Gasteiger charge is -2.12. The maximum Gasteiger partial charge on any atom is 0.165 e. The number of benzene rings is 2. The Morgan fingerprint density at radius 1 is 1.15 bits per heavy atom. The normalized spacial score (nSPS) is 12.2. The van der Waals surface area contributed by atoms with E-state index in [0.717, 1.165) is 30.4 Å². The van der Waals surface area contributed by atoms with Crippen LogP contribution in [0.3, 0.4) is 0 Å². The Kier molecular flexibility index (Phi) is 5.13. The molecule has 3 heteroatoms. The van der Waals surface area contributed by atoms with Crippen LogP contribution in [0.2, 0.25) is 0 Å². The Morgan fingerprint density at radius 2 is 1.90 bits per heavy atom. The lowest BCUT2D eigenvalue weighted by molar-refractivity contribution is 0.386. The molecule has 20 heavy (non-hydrogen) atoms. The molecule has 0 fully saturated rings. The molecule has 2 N–H and O–H groups in total. The number of halogens is 1. The van der Waals surface area contributed by atoms with Crippen LogP contribution >= 0.6 is 0 Å². The first kappa shape index (κ1) is 14.5. The summed E-state index contributed by atoms with van der Waals surface area (Å²) in [5, 5.41) is 0. The quantitative estimate of drug-likeness (QED) is 0.867. The van der Waals surface area contributed by atoms with Crippen LogP contribution < -0.4 is 10.5 Å². The minimum absolute atomic E-state index is 0.0410. The summed E-state index contributed by atoms with van der Waals surface area (Å²) in [5.41, 5.74) is 8.26. The first-order valence-corrected chi connectivity index (χ1v) is 6.83. The zero-order valence-electron chi connectivity index (χ0n) is 11.7. The van der Waals surface area contributed by atoms with E-state index in [4.69, 9.17) is 10.5 Å². The molecule has 106 valence electrons. The van der Waals surface area contributed by atoms with Gasteiger partial charge in [0.25, 0.3) is 0 Å². The molecule has 0 radical (unpaired) electrons. The summed E-state index contributed by atoms with van der Waals surface area (Å²) in [6.07, 6.45) is 2.64. The number of hydrogen-bond acceptors (Lipinski definition) is 2. The first-order valence-electron chi connectivity index (χ1n) is 6.83. The molecule has 0 saturated carbocycles. The van der Waals surface area contributed by atoms with E-state index in [9.17, 15) is 4.39 Å². The fourth-order valence-corrected chi connectivity index (χ4v) is 2.26. The summed E-state index contributed by atoms with van der Waals surface area (Å²) < 4.78 is 18.5. The minimum Gasteiger partial charge on any atom is -0.494 e. The van der Waals surface area contributed by atoms with E-state index in [2.05, 4.69) is 0 Å². The van der Waals surface area contributed by atoms with Crippen LogP contribution in [0.5, 0.6) is 5.75 Å². The van der Waals surface area contributed by atoms with Gasteiger partial charge in [0.15, 0.2) is 11.6 Å². The van der Waals surface area contributed by atoms with Crippen LogP contribution in [0.1, 0.15) is 30.0 Å². The molecule has 0 aliphatic carbocycles. The van der Waals surface area contributed by atoms with Gasteiger partial charge in [-0.3, -0.25) is 0 Å². The molecule has 0 aliphatic heterocycles. The van der Waals surface area contributed by atoms with Gasteiger partial charge < -0.3 is 10.5 Å². The number of aryl methyl sites for hydroxylation is 1. The minimum atomic E-state index is -0.308. The van der Waals surface area contributed by atoms with Crippen LogP contribution in [0.15, 0.2) is 48.5 Å². The van der Waals surface area contributed by atoms with Gasteiger partial charge in [0.2, 0.25) is 0 Å². The Hall–Kier alpha value is -1.87. The summed E-state index contributed by atoms with van der Waals surface area (Å²) in [6.45, 7) is 0. The summed E-state index contributed by atoms with van der Waals surface area (Å²) >= 11 is 0. The predicted octanol–water partition coefficient (Wildman–Crippen LogP) is 3.86. The van der Waals surface area contributed by atoms with Crippen molar-refractivity contribution >= 4 is 0 Å². The molecule has 0 spiro atoms. The van der Waals surface area contributed by atoms with Crippen molar-refractivity contribution in [1.82, 2.24) is 0 Å². The third-order valence-electron chi connectivity index (χ3n) is 3.42. The summed E-state index contributed by atoms with van der Waals surface area (Å²) in [4.78, 5) is 0. The van der Waals surface area contributed by atoms with E-state index < -0.39 is 0 Å². The van der Waals surface area contributed by atoms with Gasteiger partial charge in [-0.05, 0) is 42.5 Å². The van der Waals surface area contributed by atoms with Gasteiger partial charge in [0.1, 0.15) is 0 Å². The monoisotopic (exact) mass is 273 g/mol. The van der Waals surface area contributed by atoms with E-state index in [-0.39, 0.29) is 17.6 Å². The third-order valence-corrected chi connectivity index (χ3v) is 3.42. The molecule has 0 bridgehead atoms. The molecule has 1 atom stereocenters. The van der Waals surface area contributed by atoms with Crippen LogP contribution in [-0.4, -0.2) is 7.11 Å². The SMILES string of the molecule is COc1ccc(CCCC(N)c2ccccc2)cc1F. The van der Waals surface area contributed by atoms with Crippen LogP contribution in [-0.2, 0) is 6.42 Å². The molecule has 2 nitrogen and oxygen atoms in total. The maximum atomic E-state index is 13.6. The van der Waals surface area contributed by atoms with Crippen molar-refractivity contribution in [3.63, 3.8) is 0 Å². The summed E-state index contributed by atoms with van der Waals surface area (Å²) in [6, 6.07) is 15.2. The molecular weight excluding hydrogens is 253 g/mol. The number of ether oxygens (including phenoxy) is 1. The van der Waals surface area contributed by atoms with E-state index in [1.54, 1.807) is 6.07 Å². The van der Waals surface area contributed by atoms with E-state index in [1.165, 1.54) is 13.2 Å². The first-order chi connectivity index (χ1) is 9.70. The van der Waals surface area contributed by atoms with Gasteiger partial charge in [-0.2, -0.15) is 0 Å². The number of hydrogen-bond donors (Lipinski definition) is 1. The highest BCUT2D eigenvalue weighted by atomic mass is 19.1. The van der Waals surface area contributed by atoms with Crippen LogP contribution in [0.4, 0.5) is 4.39 Å². The number of rotatable bonds is 6. The molecule has 0 aliphatic rings. The molecule has 0 saturated heterocycles. The van der Waals surface area contributed by atoms with E-state index in [0.29, 0.717) is 0 Å². The largest absolute Gasteiger partial charge is 0.494 e. The molecule has 0 heterocycles. The van der Waals surface area contributed by atoms with Gasteiger partial charge in [-0.15, -0.1) is 0 Å². The Bertz CT molecular complexity index is 542. The van der Waals surface area contributed by atoms with Gasteiger partial charge in [0, 0.05) is 6.04 Å². The second kappa shape index (κ2) is 7.06. The molecule has 0 aromatic heterocycles. The van der Waals surface area contributed by atoms with Gasteiger partial charge in [-0.1, -0.05) is 36.4 Å². The molecular formula is C17H20FNO. The zero-order valence-corrected chi connectivity index (χ0v) is 11.7. The standard InChI is InChI=1S/C17H20FNO/c1-20-17-11-10-13(12-15(17)18)6-5-9-16(19)14-7-3-2-4-8-14/h2-4,7-8,10-12,16H,5-6,9,19H2,1H3. The fraction of sp³-hybridized carbons (Fsp3) is 0.294. The van der Waals surface area contributed by atoms with Gasteiger partial charge >= 0.3 is 0 Å². The summed E-state index contributed by atoms with van der Waals surface area (Å²) in [7, 11) is 1.47. The highest BCUT2D eigenvalue weighted by Gasteiger charge is 2.07. The highest BCUT2D eigenvalue weighted by Crippen LogP contribution is 2.20. The molecule has 1 unspecified atom stereocenters. The summed E-state index contributed by atoms with van der Waals surface area (Å²) in [5.74, 6) is -0.0212. The lowest BCUT2D eigenvalue weighted by Crippen LogP contribution is -2.10. The Balaban J connectivity index is 1.85. The van der Waals surface area contributed by atoms with Gasteiger partial charge in [0.05, 0.1) is 7.11 Å².